The zero-order valence-electron chi connectivity index (χ0n) is 15.2. The van der Waals surface area contributed by atoms with Gasteiger partial charge in [0.1, 0.15) is 0 Å². The van der Waals surface area contributed by atoms with E-state index in [1.54, 1.807) is 31.2 Å². The maximum Gasteiger partial charge on any atom is 0.257 e. The van der Waals surface area contributed by atoms with Gasteiger partial charge in [0.15, 0.2) is 0 Å². The molecule has 1 aromatic heterocycles. The van der Waals surface area contributed by atoms with E-state index >= 15 is 0 Å². The first-order chi connectivity index (χ1) is 13.0. The first-order valence-electron chi connectivity index (χ1n) is 8.49. The van der Waals surface area contributed by atoms with Gasteiger partial charge in [-0.05, 0) is 44.2 Å². The average Bonchev–Trinajstić information content (AvgIpc) is 2.66. The Kier molecular flexibility index (Phi) is 5.18. The standard InChI is InChI=1S/C22H19N3O2/c1-4-11-23-21(26)17-7-5-6-8-20(17)25-22(27)18-13-16-12-14(2)9-10-19(16)24-15(18)3/h1,5-10,12-13H,11H2,2-3H3,(H,23,26)(H,25,27). The van der Waals surface area contributed by atoms with Crippen molar-refractivity contribution in [1.29, 1.82) is 0 Å². The van der Waals surface area contributed by atoms with Crippen LogP contribution in [0, 0.1) is 26.2 Å². The number of nitrogens with zero attached hydrogens (tertiary/aromatic N) is 1. The molecule has 3 aromatic rings. The Bertz CT molecular complexity index is 1080. The molecule has 0 aliphatic rings. The van der Waals surface area contributed by atoms with Gasteiger partial charge in [0, 0.05) is 5.39 Å². The molecule has 0 saturated heterocycles. The van der Waals surface area contributed by atoms with Gasteiger partial charge in [-0.1, -0.05) is 29.7 Å². The first-order valence-corrected chi connectivity index (χ1v) is 8.49. The lowest BCUT2D eigenvalue weighted by atomic mass is 10.1. The molecule has 0 unspecified atom stereocenters. The number of benzene rings is 2. The quantitative estimate of drug-likeness (QED) is 0.703. The number of aryl methyl sites for hydroxylation is 2. The minimum absolute atomic E-state index is 0.119. The number of fused-ring (bicyclic) bond motifs is 1. The number of amides is 2. The molecule has 0 saturated carbocycles. The lowest BCUT2D eigenvalue weighted by molar-refractivity contribution is 0.0959. The van der Waals surface area contributed by atoms with Gasteiger partial charge in [0.05, 0.1) is 34.6 Å². The number of terminal acetylenes is 1. The number of hydrogen-bond acceptors (Lipinski definition) is 3. The van der Waals surface area contributed by atoms with Gasteiger partial charge in [-0.15, -0.1) is 6.42 Å². The van der Waals surface area contributed by atoms with Crippen molar-refractivity contribution in [2.24, 2.45) is 0 Å². The number of carbonyl (C=O) groups is 2. The second kappa shape index (κ2) is 7.71. The van der Waals surface area contributed by atoms with E-state index in [1.165, 1.54) is 0 Å². The second-order valence-corrected chi connectivity index (χ2v) is 6.20. The van der Waals surface area contributed by atoms with Crippen LogP contribution in [-0.2, 0) is 0 Å². The second-order valence-electron chi connectivity index (χ2n) is 6.20. The number of para-hydroxylation sites is 1. The van der Waals surface area contributed by atoms with Crippen LogP contribution in [0.25, 0.3) is 10.9 Å². The van der Waals surface area contributed by atoms with E-state index in [-0.39, 0.29) is 18.4 Å². The van der Waals surface area contributed by atoms with Gasteiger partial charge in [-0.2, -0.15) is 0 Å². The Morgan fingerprint density at radius 2 is 1.81 bits per heavy atom. The third kappa shape index (κ3) is 3.96. The van der Waals surface area contributed by atoms with Crippen molar-refractivity contribution >= 4 is 28.4 Å². The smallest absolute Gasteiger partial charge is 0.257 e. The minimum atomic E-state index is -0.340. The number of anilines is 1. The normalized spacial score (nSPS) is 10.3. The van der Waals surface area contributed by atoms with Gasteiger partial charge in [-0.25, -0.2) is 0 Å². The highest BCUT2D eigenvalue weighted by Gasteiger charge is 2.16. The van der Waals surface area contributed by atoms with Crippen molar-refractivity contribution in [2.75, 3.05) is 11.9 Å². The molecule has 2 aromatic carbocycles. The van der Waals surface area contributed by atoms with Crippen LogP contribution >= 0.6 is 0 Å². The van der Waals surface area contributed by atoms with Gasteiger partial charge in [0.2, 0.25) is 0 Å². The molecule has 0 atom stereocenters. The molecule has 27 heavy (non-hydrogen) atoms. The summed E-state index contributed by atoms with van der Waals surface area (Å²) in [6.45, 7) is 3.90. The molecule has 5 heteroatoms. The molecular weight excluding hydrogens is 338 g/mol. The summed E-state index contributed by atoms with van der Waals surface area (Å²) in [6, 6.07) is 14.5. The predicted octanol–water partition coefficient (Wildman–Crippen LogP) is 3.47. The zero-order chi connectivity index (χ0) is 19.4. The zero-order valence-corrected chi connectivity index (χ0v) is 15.2. The highest BCUT2D eigenvalue weighted by atomic mass is 16.2. The van der Waals surface area contributed by atoms with Gasteiger partial charge in [-0.3, -0.25) is 14.6 Å². The maximum absolute atomic E-state index is 12.8. The Balaban J connectivity index is 1.92. The molecule has 0 aliphatic carbocycles. The SMILES string of the molecule is C#CCNC(=O)c1ccccc1NC(=O)c1cc2cc(C)ccc2nc1C. The summed E-state index contributed by atoms with van der Waals surface area (Å²) >= 11 is 0. The summed E-state index contributed by atoms with van der Waals surface area (Å²) in [4.78, 5) is 29.6. The monoisotopic (exact) mass is 357 g/mol. The van der Waals surface area contributed by atoms with E-state index in [9.17, 15) is 9.59 Å². The van der Waals surface area contributed by atoms with Gasteiger partial charge < -0.3 is 10.6 Å². The topological polar surface area (TPSA) is 71.1 Å². The van der Waals surface area contributed by atoms with Crippen LogP contribution in [0.5, 0.6) is 0 Å². The largest absolute Gasteiger partial charge is 0.341 e. The number of nitrogens with one attached hydrogen (secondary N) is 2. The van der Waals surface area contributed by atoms with Crippen LogP contribution in [0.3, 0.4) is 0 Å². The van der Waals surface area contributed by atoms with E-state index in [1.807, 2.05) is 31.2 Å². The van der Waals surface area contributed by atoms with E-state index < -0.39 is 0 Å². The summed E-state index contributed by atoms with van der Waals surface area (Å²) in [5.74, 6) is 1.70. The molecule has 5 nitrogen and oxygen atoms in total. The fraction of sp³-hybridized carbons (Fsp3) is 0.136. The summed E-state index contributed by atoms with van der Waals surface area (Å²) in [5.41, 5.74) is 3.79. The van der Waals surface area contributed by atoms with Crippen LogP contribution in [0.1, 0.15) is 32.0 Å². The van der Waals surface area contributed by atoms with Crippen LogP contribution in [0.4, 0.5) is 5.69 Å². The Hall–Kier alpha value is -3.65. The summed E-state index contributed by atoms with van der Waals surface area (Å²) < 4.78 is 0. The fourth-order valence-corrected chi connectivity index (χ4v) is 2.83. The van der Waals surface area contributed by atoms with E-state index in [0.717, 1.165) is 16.5 Å². The molecule has 0 aliphatic heterocycles. The minimum Gasteiger partial charge on any atom is -0.341 e. The van der Waals surface area contributed by atoms with Gasteiger partial charge in [0.25, 0.3) is 11.8 Å². The molecule has 0 bridgehead atoms. The Labute approximate surface area is 157 Å². The molecule has 0 spiro atoms. The molecule has 1 heterocycles. The molecule has 134 valence electrons. The lowest BCUT2D eigenvalue weighted by Gasteiger charge is -2.12. The molecular formula is C22H19N3O2. The number of pyridine rings is 1. The number of carbonyl (C=O) groups excluding carboxylic acids is 2. The lowest BCUT2D eigenvalue weighted by Crippen LogP contribution is -2.25. The number of aromatic nitrogens is 1. The van der Waals surface area contributed by atoms with Crippen molar-refractivity contribution in [3.63, 3.8) is 0 Å². The van der Waals surface area contributed by atoms with Crippen LogP contribution in [0.2, 0.25) is 0 Å². The fourth-order valence-electron chi connectivity index (χ4n) is 2.83. The first kappa shape index (κ1) is 18.2. The highest BCUT2D eigenvalue weighted by molar-refractivity contribution is 6.10. The van der Waals surface area contributed by atoms with E-state index in [2.05, 4.69) is 21.5 Å². The maximum atomic E-state index is 12.8. The van der Waals surface area contributed by atoms with Crippen molar-refractivity contribution < 1.29 is 9.59 Å². The van der Waals surface area contributed by atoms with E-state index in [4.69, 9.17) is 6.42 Å². The van der Waals surface area contributed by atoms with Crippen molar-refractivity contribution in [2.45, 2.75) is 13.8 Å². The van der Waals surface area contributed by atoms with Crippen LogP contribution in [-0.4, -0.2) is 23.3 Å². The summed E-state index contributed by atoms with van der Waals surface area (Å²) in [6.07, 6.45) is 5.18. The van der Waals surface area contributed by atoms with Crippen molar-refractivity contribution in [1.82, 2.24) is 10.3 Å². The Morgan fingerprint density at radius 1 is 1.04 bits per heavy atom. The Morgan fingerprint density at radius 3 is 2.59 bits per heavy atom. The molecule has 2 N–H and O–H groups in total. The predicted molar refractivity (Wildman–Crippen MR) is 107 cm³/mol. The molecule has 0 fully saturated rings. The van der Waals surface area contributed by atoms with Crippen LogP contribution < -0.4 is 10.6 Å². The number of rotatable bonds is 4. The van der Waals surface area contributed by atoms with Crippen molar-refractivity contribution in [3.8, 4) is 12.3 Å². The number of hydrogen-bond donors (Lipinski definition) is 2. The molecule has 0 radical (unpaired) electrons. The van der Waals surface area contributed by atoms with Crippen molar-refractivity contribution in [3.05, 3.63) is 70.9 Å². The highest BCUT2D eigenvalue weighted by Crippen LogP contribution is 2.21. The molecule has 3 rings (SSSR count). The van der Waals surface area contributed by atoms with Crippen LogP contribution in [0.15, 0.2) is 48.5 Å². The molecule has 2 amide bonds. The third-order valence-corrected chi connectivity index (χ3v) is 4.18. The average molecular weight is 357 g/mol. The van der Waals surface area contributed by atoms with Gasteiger partial charge >= 0.3 is 0 Å². The van der Waals surface area contributed by atoms with E-state index in [0.29, 0.717) is 22.5 Å². The third-order valence-electron chi connectivity index (χ3n) is 4.18. The summed E-state index contributed by atoms with van der Waals surface area (Å²) in [7, 11) is 0. The summed E-state index contributed by atoms with van der Waals surface area (Å²) in [5, 5.41) is 6.31.